The Morgan fingerprint density at radius 2 is 2.06 bits per heavy atom. The van der Waals surface area contributed by atoms with Gasteiger partial charge in [-0.05, 0) is 31.9 Å². The van der Waals surface area contributed by atoms with E-state index in [-0.39, 0.29) is 0 Å². The highest BCUT2D eigenvalue weighted by atomic mass is 32.1. The molecular weight excluding hydrogens is 222 g/mol. The second-order valence-corrected chi connectivity index (χ2v) is 4.77. The molecule has 1 atom stereocenters. The first kappa shape index (κ1) is 11.5. The maximum Gasteiger partial charge on any atom is 0.208 e. The van der Waals surface area contributed by atoms with Crippen LogP contribution in [0.15, 0.2) is 12.1 Å². The van der Waals surface area contributed by atoms with E-state index in [1.54, 1.807) is 0 Å². The zero-order valence-electron chi connectivity index (χ0n) is 9.65. The third-order valence-electron chi connectivity index (χ3n) is 2.49. The van der Waals surface area contributed by atoms with Crippen LogP contribution in [0.25, 0.3) is 10.2 Å². The number of fused-ring (bicyclic) bond motifs is 1. The molecule has 0 saturated heterocycles. The van der Waals surface area contributed by atoms with E-state index in [2.05, 4.69) is 18.0 Å². The minimum atomic E-state index is -0.902. The van der Waals surface area contributed by atoms with Crippen LogP contribution in [0.1, 0.15) is 29.3 Å². The Morgan fingerprint density at radius 3 is 2.69 bits per heavy atom. The highest BCUT2D eigenvalue weighted by molar-refractivity contribution is 7.18. The van der Waals surface area contributed by atoms with Crippen molar-refractivity contribution in [3.05, 3.63) is 28.3 Å². The van der Waals surface area contributed by atoms with Gasteiger partial charge in [-0.25, -0.2) is 4.98 Å². The van der Waals surface area contributed by atoms with Crippen LogP contribution in [0.3, 0.4) is 0 Å². The third-order valence-corrected chi connectivity index (χ3v) is 3.72. The van der Waals surface area contributed by atoms with Crippen molar-refractivity contribution in [2.24, 2.45) is 0 Å². The van der Waals surface area contributed by atoms with Gasteiger partial charge in [0.1, 0.15) is 0 Å². The first-order chi connectivity index (χ1) is 7.63. The fourth-order valence-electron chi connectivity index (χ4n) is 1.61. The zero-order valence-corrected chi connectivity index (χ0v) is 10.5. The number of hydrogen-bond acceptors (Lipinski definition) is 4. The first-order valence-corrected chi connectivity index (χ1v) is 6.11. The molecule has 1 heterocycles. The Kier molecular flexibility index (Phi) is 3.23. The van der Waals surface area contributed by atoms with E-state index in [9.17, 15) is 5.11 Å². The summed E-state index contributed by atoms with van der Waals surface area (Å²) in [5.74, 6) is 0. The number of ether oxygens (including phenoxy) is 1. The van der Waals surface area contributed by atoms with Crippen LogP contribution in [0, 0.1) is 13.8 Å². The maximum atomic E-state index is 9.73. The van der Waals surface area contributed by atoms with Gasteiger partial charge in [0.2, 0.25) is 6.29 Å². The molecule has 86 valence electrons. The Hall–Kier alpha value is -0.970. The van der Waals surface area contributed by atoms with Crippen LogP contribution < -0.4 is 0 Å². The predicted molar refractivity (Wildman–Crippen MR) is 65.7 cm³/mol. The Labute approximate surface area is 98.7 Å². The van der Waals surface area contributed by atoms with E-state index >= 15 is 0 Å². The van der Waals surface area contributed by atoms with Crippen LogP contribution in [-0.2, 0) is 4.74 Å². The summed E-state index contributed by atoms with van der Waals surface area (Å²) in [4.78, 5) is 4.44. The standard InChI is InChI=1S/C12H15NO2S/c1-4-15-12(14)11-13-9-7(2)5-6-8(3)10(9)16-11/h5-6,12,14H,4H2,1-3H3. The summed E-state index contributed by atoms with van der Waals surface area (Å²) in [5, 5.41) is 10.4. The molecule has 0 aliphatic carbocycles. The van der Waals surface area contributed by atoms with Gasteiger partial charge in [-0.15, -0.1) is 11.3 Å². The number of aliphatic hydroxyl groups is 1. The van der Waals surface area contributed by atoms with Crippen LogP contribution in [0.4, 0.5) is 0 Å². The van der Waals surface area contributed by atoms with Crippen molar-refractivity contribution in [2.75, 3.05) is 6.61 Å². The molecule has 1 unspecified atom stereocenters. The van der Waals surface area contributed by atoms with Gasteiger partial charge in [0.05, 0.1) is 10.2 Å². The van der Waals surface area contributed by atoms with Crippen molar-refractivity contribution >= 4 is 21.6 Å². The van der Waals surface area contributed by atoms with Gasteiger partial charge in [0.15, 0.2) is 5.01 Å². The van der Waals surface area contributed by atoms with E-state index in [0.717, 1.165) is 15.8 Å². The summed E-state index contributed by atoms with van der Waals surface area (Å²) in [6.45, 7) is 6.41. The van der Waals surface area contributed by atoms with Crippen LogP contribution >= 0.6 is 11.3 Å². The van der Waals surface area contributed by atoms with Gasteiger partial charge in [0.25, 0.3) is 0 Å². The molecule has 0 aliphatic rings. The summed E-state index contributed by atoms with van der Waals surface area (Å²) < 4.78 is 6.27. The molecule has 1 aromatic carbocycles. The van der Waals surface area contributed by atoms with E-state index in [1.807, 2.05) is 19.9 Å². The molecule has 1 N–H and O–H groups in total. The smallest absolute Gasteiger partial charge is 0.208 e. The summed E-state index contributed by atoms with van der Waals surface area (Å²) in [5.41, 5.74) is 3.29. The molecule has 0 bridgehead atoms. The van der Waals surface area contributed by atoms with Crippen LogP contribution in [0.5, 0.6) is 0 Å². The lowest BCUT2D eigenvalue weighted by Gasteiger charge is -2.05. The minimum absolute atomic E-state index is 0.481. The van der Waals surface area contributed by atoms with Gasteiger partial charge < -0.3 is 9.84 Å². The zero-order chi connectivity index (χ0) is 11.7. The van der Waals surface area contributed by atoms with Crippen LogP contribution in [0.2, 0.25) is 0 Å². The largest absolute Gasteiger partial charge is 0.362 e. The van der Waals surface area contributed by atoms with Crippen molar-refractivity contribution in [1.82, 2.24) is 4.98 Å². The fraction of sp³-hybridized carbons (Fsp3) is 0.417. The quantitative estimate of drug-likeness (QED) is 0.835. The third kappa shape index (κ3) is 1.96. The Balaban J connectivity index is 2.51. The number of aryl methyl sites for hydroxylation is 2. The average molecular weight is 237 g/mol. The normalized spacial score (nSPS) is 13.2. The number of nitrogens with zero attached hydrogens (tertiary/aromatic N) is 1. The molecule has 4 heteroatoms. The number of aromatic nitrogens is 1. The Morgan fingerprint density at radius 1 is 1.38 bits per heavy atom. The number of aliphatic hydroxyl groups excluding tert-OH is 1. The SMILES string of the molecule is CCOC(O)c1nc2c(C)ccc(C)c2s1. The lowest BCUT2D eigenvalue weighted by Crippen LogP contribution is -2.01. The summed E-state index contributed by atoms with van der Waals surface area (Å²) in [6, 6.07) is 4.13. The summed E-state index contributed by atoms with van der Waals surface area (Å²) in [7, 11) is 0. The molecule has 0 amide bonds. The topological polar surface area (TPSA) is 42.4 Å². The van der Waals surface area contributed by atoms with Gasteiger partial charge in [-0.1, -0.05) is 12.1 Å². The van der Waals surface area contributed by atoms with Gasteiger partial charge in [0, 0.05) is 6.61 Å². The molecule has 2 aromatic rings. The monoisotopic (exact) mass is 237 g/mol. The number of hydrogen-bond donors (Lipinski definition) is 1. The molecule has 3 nitrogen and oxygen atoms in total. The fourth-order valence-corrected chi connectivity index (χ4v) is 2.66. The first-order valence-electron chi connectivity index (χ1n) is 5.29. The molecule has 0 aliphatic heterocycles. The van der Waals surface area contributed by atoms with Gasteiger partial charge >= 0.3 is 0 Å². The van der Waals surface area contributed by atoms with Crippen molar-refractivity contribution < 1.29 is 9.84 Å². The predicted octanol–water partition coefficient (Wildman–Crippen LogP) is 2.94. The van der Waals surface area contributed by atoms with Crippen molar-refractivity contribution in [2.45, 2.75) is 27.1 Å². The van der Waals surface area contributed by atoms with Crippen molar-refractivity contribution in [3.8, 4) is 0 Å². The van der Waals surface area contributed by atoms with Crippen molar-refractivity contribution in [3.63, 3.8) is 0 Å². The number of benzene rings is 1. The van der Waals surface area contributed by atoms with E-state index in [0.29, 0.717) is 11.6 Å². The minimum Gasteiger partial charge on any atom is -0.362 e. The lowest BCUT2D eigenvalue weighted by molar-refractivity contribution is -0.0979. The van der Waals surface area contributed by atoms with E-state index in [4.69, 9.17) is 4.74 Å². The van der Waals surface area contributed by atoms with Crippen molar-refractivity contribution in [1.29, 1.82) is 0 Å². The van der Waals surface area contributed by atoms with Gasteiger partial charge in [-0.2, -0.15) is 0 Å². The van der Waals surface area contributed by atoms with Gasteiger partial charge in [-0.3, -0.25) is 0 Å². The summed E-state index contributed by atoms with van der Waals surface area (Å²) in [6.07, 6.45) is -0.902. The van der Waals surface area contributed by atoms with E-state index < -0.39 is 6.29 Å². The number of thiazole rings is 1. The highest BCUT2D eigenvalue weighted by Crippen LogP contribution is 2.31. The van der Waals surface area contributed by atoms with E-state index in [1.165, 1.54) is 16.9 Å². The molecule has 2 rings (SSSR count). The molecule has 0 saturated carbocycles. The molecular formula is C12H15NO2S. The molecule has 0 radical (unpaired) electrons. The number of rotatable bonds is 3. The summed E-state index contributed by atoms with van der Waals surface area (Å²) >= 11 is 1.50. The van der Waals surface area contributed by atoms with Crippen LogP contribution in [-0.4, -0.2) is 16.7 Å². The maximum absolute atomic E-state index is 9.73. The molecule has 1 aromatic heterocycles. The molecule has 16 heavy (non-hydrogen) atoms. The second kappa shape index (κ2) is 4.49. The average Bonchev–Trinajstić information content (AvgIpc) is 2.70. The molecule has 0 fully saturated rings. The highest BCUT2D eigenvalue weighted by Gasteiger charge is 2.15. The Bertz CT molecular complexity index is 468. The lowest BCUT2D eigenvalue weighted by atomic mass is 10.1. The molecule has 0 spiro atoms. The second-order valence-electron chi connectivity index (χ2n) is 3.74.